The number of methoxy groups -OCH3 is 1. The third-order valence-corrected chi connectivity index (χ3v) is 3.08. The Balaban J connectivity index is 2.11. The Morgan fingerprint density at radius 1 is 1.19 bits per heavy atom. The third kappa shape index (κ3) is 2.56. The van der Waals surface area contributed by atoms with Crippen LogP contribution in [0.1, 0.15) is 20.8 Å². The summed E-state index contributed by atoms with van der Waals surface area (Å²) in [6.07, 6.45) is 1.63. The molecule has 110 valence electrons. The molecule has 0 fully saturated rings. The van der Waals surface area contributed by atoms with E-state index in [2.05, 4.69) is 41.2 Å². The molecule has 0 saturated carbocycles. The summed E-state index contributed by atoms with van der Waals surface area (Å²) in [5.74, 6) is 2.37. The number of aromatic nitrogens is 4. The van der Waals surface area contributed by atoms with E-state index >= 15 is 0 Å². The summed E-state index contributed by atoms with van der Waals surface area (Å²) in [7, 11) is 1.66. The number of H-pyrrole nitrogens is 1. The Labute approximate surface area is 123 Å². The average molecular weight is 285 g/mol. The van der Waals surface area contributed by atoms with Crippen LogP contribution in [0.3, 0.4) is 0 Å². The van der Waals surface area contributed by atoms with Crippen LogP contribution in [0.4, 0.5) is 5.82 Å². The maximum atomic E-state index is 5.20. The summed E-state index contributed by atoms with van der Waals surface area (Å²) in [6, 6.07) is 7.84. The quantitative estimate of drug-likeness (QED) is 0.776. The van der Waals surface area contributed by atoms with Gasteiger partial charge in [-0.15, -0.1) is 0 Å². The fourth-order valence-electron chi connectivity index (χ4n) is 2.18. The van der Waals surface area contributed by atoms with Crippen LogP contribution in [0.5, 0.6) is 5.75 Å². The van der Waals surface area contributed by atoms with Gasteiger partial charge in [-0.05, 0) is 45.0 Å². The van der Waals surface area contributed by atoms with E-state index in [1.165, 1.54) is 0 Å². The number of rotatable bonds is 3. The monoisotopic (exact) mass is 285 g/mol. The van der Waals surface area contributed by atoms with Gasteiger partial charge in [0.2, 0.25) is 0 Å². The summed E-state index contributed by atoms with van der Waals surface area (Å²) in [5, 5.41) is 6.56. The highest BCUT2D eigenvalue weighted by Gasteiger charge is 2.20. The Morgan fingerprint density at radius 2 is 1.90 bits per heavy atom. The highest BCUT2D eigenvalue weighted by Crippen LogP contribution is 2.30. The number of fused-ring (bicyclic) bond motifs is 1. The number of nitrogens with zero attached hydrogens (tertiary/aromatic N) is 3. The first-order chi connectivity index (χ1) is 9.98. The molecule has 0 spiro atoms. The van der Waals surface area contributed by atoms with Crippen LogP contribution in [0.2, 0.25) is 0 Å². The smallest absolute Gasteiger partial charge is 0.252 e. The highest BCUT2D eigenvalue weighted by atomic mass is 16.5. The molecule has 2 heterocycles. The third-order valence-electron chi connectivity index (χ3n) is 3.08. The second kappa shape index (κ2) is 4.80. The Hall–Kier alpha value is -2.50. The summed E-state index contributed by atoms with van der Waals surface area (Å²) in [5.41, 5.74) is 1.80. The van der Waals surface area contributed by atoms with E-state index in [0.717, 1.165) is 22.8 Å². The summed E-state index contributed by atoms with van der Waals surface area (Å²) in [4.78, 5) is 8.82. The number of hydrogen-bond acceptors (Lipinski definition) is 4. The molecule has 0 atom stereocenters. The summed E-state index contributed by atoms with van der Waals surface area (Å²) >= 11 is 0. The molecule has 0 saturated heterocycles. The lowest BCUT2D eigenvalue weighted by atomic mass is 10.1. The van der Waals surface area contributed by atoms with Crippen molar-refractivity contribution in [3.63, 3.8) is 0 Å². The van der Waals surface area contributed by atoms with Crippen molar-refractivity contribution in [3.8, 4) is 17.0 Å². The van der Waals surface area contributed by atoms with Crippen LogP contribution < -0.4 is 10.1 Å². The van der Waals surface area contributed by atoms with Gasteiger partial charge in [-0.2, -0.15) is 0 Å². The molecule has 6 heteroatoms. The van der Waals surface area contributed by atoms with Crippen molar-refractivity contribution in [1.29, 1.82) is 0 Å². The molecule has 0 aliphatic heterocycles. The van der Waals surface area contributed by atoms with Crippen molar-refractivity contribution in [3.05, 3.63) is 30.6 Å². The van der Waals surface area contributed by atoms with Gasteiger partial charge in [0.15, 0.2) is 5.82 Å². The maximum Gasteiger partial charge on any atom is 0.252 e. The zero-order chi connectivity index (χ0) is 15.0. The first-order valence-electron chi connectivity index (χ1n) is 6.82. The van der Waals surface area contributed by atoms with Gasteiger partial charge in [0.25, 0.3) is 5.78 Å². The Kier molecular flexibility index (Phi) is 3.08. The van der Waals surface area contributed by atoms with Crippen molar-refractivity contribution in [2.24, 2.45) is 0 Å². The molecule has 0 radical (unpaired) electrons. The molecule has 21 heavy (non-hydrogen) atoms. The van der Waals surface area contributed by atoms with Crippen molar-refractivity contribution in [2.45, 2.75) is 26.3 Å². The molecule has 6 nitrogen and oxygen atoms in total. The fourth-order valence-corrected chi connectivity index (χ4v) is 2.18. The number of imidazole rings is 1. The van der Waals surface area contributed by atoms with Crippen LogP contribution in [-0.2, 0) is 0 Å². The predicted octanol–water partition coefficient (Wildman–Crippen LogP) is 2.94. The van der Waals surface area contributed by atoms with Crippen molar-refractivity contribution >= 4 is 11.6 Å². The summed E-state index contributed by atoms with van der Waals surface area (Å²) in [6.45, 7) is 6.34. The second-order valence-corrected chi connectivity index (χ2v) is 5.94. The van der Waals surface area contributed by atoms with E-state index in [1.54, 1.807) is 13.4 Å². The zero-order valence-corrected chi connectivity index (χ0v) is 12.6. The van der Waals surface area contributed by atoms with Gasteiger partial charge in [0.05, 0.1) is 7.11 Å². The first kappa shape index (κ1) is 13.5. The second-order valence-electron chi connectivity index (χ2n) is 5.94. The van der Waals surface area contributed by atoms with E-state index in [-0.39, 0.29) is 5.54 Å². The van der Waals surface area contributed by atoms with Crippen LogP contribution in [-0.4, -0.2) is 32.2 Å². The Morgan fingerprint density at radius 3 is 2.52 bits per heavy atom. The number of nitrogens with one attached hydrogen (secondary N) is 2. The molecule has 3 aromatic rings. The van der Waals surface area contributed by atoms with Gasteiger partial charge in [0, 0.05) is 11.1 Å². The van der Waals surface area contributed by atoms with Gasteiger partial charge in [-0.1, -0.05) is 0 Å². The van der Waals surface area contributed by atoms with E-state index in [4.69, 9.17) is 4.74 Å². The normalized spacial score (nSPS) is 11.8. The van der Waals surface area contributed by atoms with Gasteiger partial charge < -0.3 is 10.1 Å². The molecule has 0 unspecified atom stereocenters. The minimum atomic E-state index is -0.0811. The molecule has 0 amide bonds. The summed E-state index contributed by atoms with van der Waals surface area (Å²) < 4.78 is 7.05. The largest absolute Gasteiger partial charge is 0.497 e. The molecule has 0 bridgehead atoms. The molecule has 3 rings (SSSR count). The van der Waals surface area contributed by atoms with Crippen molar-refractivity contribution < 1.29 is 4.74 Å². The van der Waals surface area contributed by atoms with Crippen LogP contribution in [0.15, 0.2) is 30.6 Å². The first-order valence-corrected chi connectivity index (χ1v) is 6.82. The average Bonchev–Trinajstić information content (AvgIpc) is 3.00. The van der Waals surface area contributed by atoms with Crippen LogP contribution >= 0.6 is 0 Å². The molecule has 0 aliphatic rings. The minimum absolute atomic E-state index is 0.0811. The number of hydrogen-bond donors (Lipinski definition) is 2. The van der Waals surface area contributed by atoms with Gasteiger partial charge in [-0.3, -0.25) is 5.10 Å². The van der Waals surface area contributed by atoms with Crippen LogP contribution in [0.25, 0.3) is 17.0 Å². The van der Waals surface area contributed by atoms with Gasteiger partial charge >= 0.3 is 0 Å². The topological polar surface area (TPSA) is 67.2 Å². The Bertz CT molecular complexity index is 749. The number of ether oxygens (including phenoxy) is 1. The van der Waals surface area contributed by atoms with E-state index in [0.29, 0.717) is 5.78 Å². The van der Waals surface area contributed by atoms with Crippen LogP contribution in [0, 0.1) is 0 Å². The predicted molar refractivity (Wildman–Crippen MR) is 82.7 cm³/mol. The number of anilines is 1. The molecular weight excluding hydrogens is 266 g/mol. The molecule has 1 aromatic carbocycles. The standard InChI is InChI=1S/C15H19N5O/c1-15(2,3)19-13-12(18-14-16-9-17-20(13)14)10-5-7-11(21-4)8-6-10/h5-9,19H,1-4H3,(H,16,17,18). The minimum Gasteiger partial charge on any atom is -0.497 e. The number of aromatic amines is 1. The van der Waals surface area contributed by atoms with E-state index < -0.39 is 0 Å². The SMILES string of the molecule is COc1ccc(-c2nc3nc[nH]n3c2NC(C)(C)C)cc1. The molecule has 2 aromatic heterocycles. The maximum absolute atomic E-state index is 5.20. The van der Waals surface area contributed by atoms with E-state index in [1.807, 2.05) is 28.8 Å². The lowest BCUT2D eigenvalue weighted by Crippen LogP contribution is -2.27. The highest BCUT2D eigenvalue weighted by molar-refractivity contribution is 5.76. The van der Waals surface area contributed by atoms with Gasteiger partial charge in [0.1, 0.15) is 17.8 Å². The fraction of sp³-hybridized carbons (Fsp3) is 0.333. The molecule has 2 N–H and O–H groups in total. The van der Waals surface area contributed by atoms with Gasteiger partial charge in [-0.25, -0.2) is 14.5 Å². The van der Waals surface area contributed by atoms with E-state index in [9.17, 15) is 0 Å². The molecule has 0 aliphatic carbocycles. The lowest BCUT2D eigenvalue weighted by Gasteiger charge is -2.22. The lowest BCUT2D eigenvalue weighted by molar-refractivity contribution is 0.415. The van der Waals surface area contributed by atoms with Crippen molar-refractivity contribution in [2.75, 3.05) is 12.4 Å². The number of benzene rings is 1. The molecular formula is C15H19N5O. The van der Waals surface area contributed by atoms with Crippen molar-refractivity contribution in [1.82, 2.24) is 19.6 Å². The zero-order valence-electron chi connectivity index (χ0n) is 12.6.